The lowest BCUT2D eigenvalue weighted by molar-refractivity contribution is 1.17. The van der Waals surface area contributed by atoms with E-state index in [2.05, 4.69) is 47.9 Å². The van der Waals surface area contributed by atoms with Gasteiger partial charge in [-0.15, -0.1) is 0 Å². The van der Waals surface area contributed by atoms with Gasteiger partial charge in [0.1, 0.15) is 0 Å². The Morgan fingerprint density at radius 3 is 1.67 bits per heavy atom. The predicted octanol–water partition coefficient (Wildman–Crippen LogP) is 4.84. The van der Waals surface area contributed by atoms with Crippen LogP contribution in [0.3, 0.4) is 0 Å². The summed E-state index contributed by atoms with van der Waals surface area (Å²) in [5, 5.41) is 20.7. The normalized spacial score (nSPS) is 10.6. The molecule has 0 bridgehead atoms. The van der Waals surface area contributed by atoms with Crippen molar-refractivity contribution in [2.75, 3.05) is 0 Å². The third-order valence-corrected chi connectivity index (χ3v) is 4.32. The van der Waals surface area contributed by atoms with Crippen molar-refractivity contribution in [3.63, 3.8) is 0 Å². The van der Waals surface area contributed by atoms with Crippen LogP contribution in [0.4, 0.5) is 0 Å². The van der Waals surface area contributed by atoms with Gasteiger partial charge >= 0.3 is 0 Å². The topological polar surface area (TPSA) is 52.5 Å². The molecule has 112 valence electrons. The summed E-state index contributed by atoms with van der Waals surface area (Å²) in [5.74, 6) is 0. The van der Waals surface area contributed by atoms with E-state index in [4.69, 9.17) is 0 Å². The molecule has 0 radical (unpaired) electrons. The van der Waals surface area contributed by atoms with Crippen LogP contribution in [0.5, 0.6) is 0 Å². The Balaban J connectivity index is 2.19. The molecule has 1 heterocycles. The van der Waals surface area contributed by atoms with Gasteiger partial charge in [0.05, 0.1) is 34.3 Å². The maximum atomic E-state index is 9.25. The smallest absolute Gasteiger partial charge is 0.0992 e. The third-order valence-electron chi connectivity index (χ3n) is 4.32. The van der Waals surface area contributed by atoms with E-state index in [0.717, 1.165) is 27.5 Å². The maximum absolute atomic E-state index is 9.25. The number of aryl methyl sites for hydroxylation is 1. The second-order valence-corrected chi connectivity index (χ2v) is 5.86. The van der Waals surface area contributed by atoms with Crippen LogP contribution in [0.15, 0.2) is 60.7 Å². The van der Waals surface area contributed by atoms with Crippen LogP contribution in [0.1, 0.15) is 16.7 Å². The van der Waals surface area contributed by atoms with Gasteiger partial charge in [0.2, 0.25) is 0 Å². The molecule has 3 aromatic carbocycles. The van der Waals surface area contributed by atoms with E-state index < -0.39 is 0 Å². The lowest BCUT2D eigenvalue weighted by Crippen LogP contribution is -1.94. The Bertz CT molecular complexity index is 1100. The van der Waals surface area contributed by atoms with Crippen molar-refractivity contribution < 1.29 is 0 Å². The Hall–Kier alpha value is -3.56. The van der Waals surface area contributed by atoms with Crippen molar-refractivity contribution in [3.05, 3.63) is 77.4 Å². The van der Waals surface area contributed by atoms with E-state index in [1.54, 1.807) is 0 Å². The molecule has 1 aromatic heterocycles. The summed E-state index contributed by atoms with van der Waals surface area (Å²) in [6.07, 6.45) is 0. The molecule has 0 unspecified atom stereocenters. The Labute approximate surface area is 139 Å². The number of nitrogens with zero attached hydrogens (tertiary/aromatic N) is 3. The van der Waals surface area contributed by atoms with E-state index >= 15 is 0 Å². The second kappa shape index (κ2) is 5.26. The largest absolute Gasteiger partial charge is 0.309 e. The minimum Gasteiger partial charge on any atom is -0.309 e. The van der Waals surface area contributed by atoms with Gasteiger partial charge in [-0.3, -0.25) is 0 Å². The number of hydrogen-bond acceptors (Lipinski definition) is 2. The predicted molar refractivity (Wildman–Crippen MR) is 94.9 cm³/mol. The maximum Gasteiger partial charge on any atom is 0.0992 e. The van der Waals surface area contributed by atoms with Gasteiger partial charge in [0.25, 0.3) is 0 Å². The molecule has 0 aliphatic rings. The van der Waals surface area contributed by atoms with Gasteiger partial charge < -0.3 is 4.57 Å². The zero-order valence-electron chi connectivity index (χ0n) is 13.1. The van der Waals surface area contributed by atoms with Gasteiger partial charge in [-0.1, -0.05) is 29.8 Å². The van der Waals surface area contributed by atoms with Gasteiger partial charge in [-0.2, -0.15) is 10.5 Å². The Morgan fingerprint density at radius 1 is 0.708 bits per heavy atom. The van der Waals surface area contributed by atoms with Crippen molar-refractivity contribution in [3.8, 4) is 17.8 Å². The molecule has 0 saturated carbocycles. The number of hydrogen-bond donors (Lipinski definition) is 0. The third kappa shape index (κ3) is 2.04. The fourth-order valence-corrected chi connectivity index (χ4v) is 3.13. The molecule has 3 heteroatoms. The van der Waals surface area contributed by atoms with E-state index in [1.165, 1.54) is 5.56 Å². The summed E-state index contributed by atoms with van der Waals surface area (Å²) in [6, 6.07) is 24.1. The SMILES string of the molecule is Cc1ccc(-n2c3cc(C#N)ccc3c3ccc(C#N)cc32)cc1. The standard InChI is InChI=1S/C21H13N3/c1-14-2-6-17(7-3-14)24-20-10-15(12-22)4-8-18(20)19-9-5-16(13-23)11-21(19)24/h2-11H,1H3. The monoisotopic (exact) mass is 307 g/mol. The molecule has 0 aliphatic heterocycles. The molecule has 4 rings (SSSR count). The van der Waals surface area contributed by atoms with Gasteiger partial charge in [0.15, 0.2) is 0 Å². The first-order chi connectivity index (χ1) is 11.7. The summed E-state index contributed by atoms with van der Waals surface area (Å²) in [6.45, 7) is 2.05. The molecule has 0 aliphatic carbocycles. The quantitative estimate of drug-likeness (QED) is 0.505. The van der Waals surface area contributed by atoms with Crippen molar-refractivity contribution in [2.24, 2.45) is 0 Å². The average Bonchev–Trinajstić information content (AvgIpc) is 2.95. The molecule has 0 spiro atoms. The number of nitriles is 2. The second-order valence-electron chi connectivity index (χ2n) is 5.86. The summed E-state index contributed by atoms with van der Waals surface area (Å²) in [4.78, 5) is 0. The highest BCUT2D eigenvalue weighted by molar-refractivity contribution is 6.09. The fraction of sp³-hybridized carbons (Fsp3) is 0.0476. The Morgan fingerprint density at radius 2 is 1.21 bits per heavy atom. The van der Waals surface area contributed by atoms with Crippen LogP contribution in [0, 0.1) is 29.6 Å². The van der Waals surface area contributed by atoms with Crippen LogP contribution >= 0.6 is 0 Å². The number of benzene rings is 3. The van der Waals surface area contributed by atoms with Crippen LogP contribution in [0.25, 0.3) is 27.5 Å². The zero-order chi connectivity index (χ0) is 16.7. The summed E-state index contributed by atoms with van der Waals surface area (Å²) >= 11 is 0. The fourth-order valence-electron chi connectivity index (χ4n) is 3.13. The molecule has 3 nitrogen and oxygen atoms in total. The van der Waals surface area contributed by atoms with E-state index in [9.17, 15) is 10.5 Å². The number of aromatic nitrogens is 1. The molecule has 0 amide bonds. The highest BCUT2D eigenvalue weighted by atomic mass is 15.0. The van der Waals surface area contributed by atoms with Crippen LogP contribution in [-0.4, -0.2) is 4.57 Å². The van der Waals surface area contributed by atoms with Crippen molar-refractivity contribution >= 4 is 21.8 Å². The molecule has 0 fully saturated rings. The van der Waals surface area contributed by atoms with Crippen LogP contribution in [0.2, 0.25) is 0 Å². The lowest BCUT2D eigenvalue weighted by atomic mass is 10.1. The molecular formula is C21H13N3. The van der Waals surface area contributed by atoms with Crippen molar-refractivity contribution in [1.82, 2.24) is 4.57 Å². The molecular weight excluding hydrogens is 294 g/mol. The average molecular weight is 307 g/mol. The van der Waals surface area contributed by atoms with Crippen molar-refractivity contribution in [1.29, 1.82) is 10.5 Å². The number of fused-ring (bicyclic) bond motifs is 3. The highest BCUT2D eigenvalue weighted by Crippen LogP contribution is 2.33. The molecule has 0 saturated heterocycles. The van der Waals surface area contributed by atoms with Crippen LogP contribution < -0.4 is 0 Å². The van der Waals surface area contributed by atoms with Crippen LogP contribution in [-0.2, 0) is 0 Å². The van der Waals surface area contributed by atoms with Crippen molar-refractivity contribution in [2.45, 2.75) is 6.92 Å². The molecule has 4 aromatic rings. The van der Waals surface area contributed by atoms with E-state index in [0.29, 0.717) is 11.1 Å². The minimum atomic E-state index is 0.624. The lowest BCUT2D eigenvalue weighted by Gasteiger charge is -2.08. The number of rotatable bonds is 1. The molecule has 0 N–H and O–H groups in total. The minimum absolute atomic E-state index is 0.624. The first kappa shape index (κ1) is 14.1. The van der Waals surface area contributed by atoms with E-state index in [-0.39, 0.29) is 0 Å². The molecule has 0 atom stereocenters. The highest BCUT2D eigenvalue weighted by Gasteiger charge is 2.13. The Kier molecular flexibility index (Phi) is 3.08. The van der Waals surface area contributed by atoms with E-state index in [1.807, 2.05) is 36.4 Å². The summed E-state index contributed by atoms with van der Waals surface area (Å²) in [5.41, 5.74) is 5.41. The van der Waals surface area contributed by atoms with Gasteiger partial charge in [-0.05, 0) is 43.3 Å². The summed E-state index contributed by atoms with van der Waals surface area (Å²) in [7, 11) is 0. The van der Waals surface area contributed by atoms with Gasteiger partial charge in [-0.25, -0.2) is 0 Å². The first-order valence-corrected chi connectivity index (χ1v) is 7.67. The first-order valence-electron chi connectivity index (χ1n) is 7.67. The molecule has 24 heavy (non-hydrogen) atoms. The zero-order valence-corrected chi connectivity index (χ0v) is 13.1. The van der Waals surface area contributed by atoms with Gasteiger partial charge in [0, 0.05) is 16.5 Å². The summed E-state index contributed by atoms with van der Waals surface area (Å²) < 4.78 is 2.12.